The van der Waals surface area contributed by atoms with Gasteiger partial charge in [0.25, 0.3) is 0 Å². The average Bonchev–Trinajstić information content (AvgIpc) is 2.20. The number of rotatable bonds is 0. The van der Waals surface area contributed by atoms with E-state index < -0.39 is 0 Å². The minimum Gasteiger partial charge on any atom is -0.0882 e. The summed E-state index contributed by atoms with van der Waals surface area (Å²) in [6, 6.07) is 0. The molecular formula is C12H16. The minimum absolute atomic E-state index is 0.900. The molecule has 4 rings (SSSR count). The first-order valence-electron chi connectivity index (χ1n) is 5.30. The van der Waals surface area contributed by atoms with Crippen molar-refractivity contribution in [3.05, 3.63) is 24.3 Å². The molecule has 2 bridgehead atoms. The maximum atomic E-state index is 2.49. The van der Waals surface area contributed by atoms with Crippen molar-refractivity contribution in [2.24, 2.45) is 23.7 Å². The van der Waals surface area contributed by atoms with Gasteiger partial charge >= 0.3 is 0 Å². The van der Waals surface area contributed by atoms with Crippen LogP contribution in [-0.4, -0.2) is 0 Å². The fourth-order valence-corrected chi connectivity index (χ4v) is 3.38. The van der Waals surface area contributed by atoms with Crippen molar-refractivity contribution in [1.82, 2.24) is 0 Å². The lowest BCUT2D eigenvalue weighted by Crippen LogP contribution is -2.36. The second kappa shape index (κ2) is 2.48. The lowest BCUT2D eigenvalue weighted by Gasteiger charge is -2.45. The van der Waals surface area contributed by atoms with Crippen molar-refractivity contribution >= 4 is 0 Å². The van der Waals surface area contributed by atoms with Crippen molar-refractivity contribution in [1.29, 1.82) is 0 Å². The molecule has 0 aromatic heterocycles. The highest BCUT2D eigenvalue weighted by Crippen LogP contribution is 2.48. The van der Waals surface area contributed by atoms with E-state index in [1.165, 1.54) is 25.7 Å². The highest BCUT2D eigenvalue weighted by Gasteiger charge is 2.39. The summed E-state index contributed by atoms with van der Waals surface area (Å²) in [5, 5.41) is 0. The van der Waals surface area contributed by atoms with E-state index in [9.17, 15) is 0 Å². The second-order valence-electron chi connectivity index (χ2n) is 4.54. The van der Waals surface area contributed by atoms with Gasteiger partial charge in [-0.25, -0.2) is 0 Å². The zero-order valence-corrected chi connectivity index (χ0v) is 7.45. The van der Waals surface area contributed by atoms with Gasteiger partial charge in [0.2, 0.25) is 0 Å². The van der Waals surface area contributed by atoms with E-state index in [1.54, 1.807) is 0 Å². The molecule has 0 aliphatic heterocycles. The Balaban J connectivity index is 1.98. The van der Waals surface area contributed by atoms with Crippen LogP contribution < -0.4 is 0 Å². The zero-order valence-electron chi connectivity index (χ0n) is 7.45. The second-order valence-corrected chi connectivity index (χ2v) is 4.54. The zero-order chi connectivity index (χ0) is 7.97. The SMILES string of the molecule is C1=C[C@@H]2[C@@H](CC1)[C@@H]1C=C[C@H]2CC1. The molecule has 0 heteroatoms. The molecule has 4 aliphatic carbocycles. The normalized spacial score (nSPS) is 49.3. The molecule has 64 valence electrons. The van der Waals surface area contributed by atoms with Gasteiger partial charge in [-0.2, -0.15) is 0 Å². The van der Waals surface area contributed by atoms with Crippen LogP contribution >= 0.6 is 0 Å². The van der Waals surface area contributed by atoms with Crippen LogP contribution in [0.25, 0.3) is 0 Å². The molecule has 4 atom stereocenters. The Hall–Kier alpha value is -0.520. The van der Waals surface area contributed by atoms with E-state index in [-0.39, 0.29) is 0 Å². The first-order chi connectivity index (χ1) is 5.95. The quantitative estimate of drug-likeness (QED) is 0.477. The van der Waals surface area contributed by atoms with Crippen LogP contribution in [0.5, 0.6) is 0 Å². The Kier molecular flexibility index (Phi) is 1.44. The van der Waals surface area contributed by atoms with Gasteiger partial charge in [0.05, 0.1) is 0 Å². The Morgan fingerprint density at radius 2 is 1.67 bits per heavy atom. The number of hydrogen-bond donors (Lipinski definition) is 0. The van der Waals surface area contributed by atoms with E-state index in [0.29, 0.717) is 0 Å². The van der Waals surface area contributed by atoms with Crippen molar-refractivity contribution in [2.75, 3.05) is 0 Å². The van der Waals surface area contributed by atoms with Crippen LogP contribution in [0.15, 0.2) is 24.3 Å². The lowest BCUT2D eigenvalue weighted by molar-refractivity contribution is 0.143. The Labute approximate surface area is 74.4 Å². The van der Waals surface area contributed by atoms with Gasteiger partial charge in [-0.1, -0.05) is 24.3 Å². The summed E-state index contributed by atoms with van der Waals surface area (Å²) in [5.41, 5.74) is 0. The summed E-state index contributed by atoms with van der Waals surface area (Å²) in [5.74, 6) is 3.77. The predicted molar refractivity (Wildman–Crippen MR) is 50.7 cm³/mol. The van der Waals surface area contributed by atoms with Gasteiger partial charge < -0.3 is 0 Å². The van der Waals surface area contributed by atoms with Crippen LogP contribution in [0.1, 0.15) is 25.7 Å². The molecule has 0 aromatic rings. The fourth-order valence-electron chi connectivity index (χ4n) is 3.38. The van der Waals surface area contributed by atoms with Gasteiger partial charge in [0.1, 0.15) is 0 Å². The van der Waals surface area contributed by atoms with Gasteiger partial charge in [0, 0.05) is 0 Å². The topological polar surface area (TPSA) is 0 Å². The maximum Gasteiger partial charge on any atom is -0.0136 e. The van der Waals surface area contributed by atoms with Crippen LogP contribution in [0.3, 0.4) is 0 Å². The molecule has 4 aliphatic rings. The van der Waals surface area contributed by atoms with Crippen LogP contribution in [-0.2, 0) is 0 Å². The summed E-state index contributed by atoms with van der Waals surface area (Å²) in [4.78, 5) is 0. The highest BCUT2D eigenvalue weighted by molar-refractivity contribution is 5.16. The van der Waals surface area contributed by atoms with Gasteiger partial charge in [-0.05, 0) is 49.4 Å². The summed E-state index contributed by atoms with van der Waals surface area (Å²) in [7, 11) is 0. The average molecular weight is 160 g/mol. The van der Waals surface area contributed by atoms with Crippen molar-refractivity contribution < 1.29 is 0 Å². The van der Waals surface area contributed by atoms with Crippen LogP contribution in [0.2, 0.25) is 0 Å². The molecular weight excluding hydrogens is 144 g/mol. The first kappa shape index (κ1) is 6.94. The van der Waals surface area contributed by atoms with E-state index in [4.69, 9.17) is 0 Å². The molecule has 0 radical (unpaired) electrons. The number of hydrogen-bond acceptors (Lipinski definition) is 0. The van der Waals surface area contributed by atoms with Gasteiger partial charge in [-0.3, -0.25) is 0 Å². The highest BCUT2D eigenvalue weighted by atomic mass is 14.4. The molecule has 0 amide bonds. The Bertz CT molecular complexity index is 236. The van der Waals surface area contributed by atoms with Crippen molar-refractivity contribution in [3.63, 3.8) is 0 Å². The largest absolute Gasteiger partial charge is 0.0882 e. The lowest BCUT2D eigenvalue weighted by atomic mass is 9.60. The predicted octanol–water partition coefficient (Wildman–Crippen LogP) is 3.16. The summed E-state index contributed by atoms with van der Waals surface area (Å²) < 4.78 is 0. The van der Waals surface area contributed by atoms with E-state index >= 15 is 0 Å². The monoisotopic (exact) mass is 160 g/mol. The molecule has 0 N–H and O–H groups in total. The summed E-state index contributed by atoms with van der Waals surface area (Å²) >= 11 is 0. The molecule has 0 heterocycles. The molecule has 1 saturated carbocycles. The molecule has 12 heavy (non-hydrogen) atoms. The fraction of sp³-hybridized carbons (Fsp3) is 0.667. The Morgan fingerprint density at radius 3 is 2.42 bits per heavy atom. The van der Waals surface area contributed by atoms with Crippen molar-refractivity contribution in [2.45, 2.75) is 25.7 Å². The third kappa shape index (κ3) is 0.840. The molecule has 0 saturated heterocycles. The standard InChI is InChI=1S/C12H16/c1-2-4-12-10-7-5-9(6-8-10)11(12)3-1/h1,3,5,7,9-12H,2,4,6,8H2/t9-,10+,11-,12-/m0/s1. The molecule has 0 spiro atoms. The van der Waals surface area contributed by atoms with E-state index in [2.05, 4.69) is 24.3 Å². The van der Waals surface area contributed by atoms with Gasteiger partial charge in [0.15, 0.2) is 0 Å². The molecule has 0 unspecified atom stereocenters. The third-order valence-electron chi connectivity index (χ3n) is 4.00. The summed E-state index contributed by atoms with van der Waals surface area (Å²) in [6.07, 6.45) is 15.6. The summed E-state index contributed by atoms with van der Waals surface area (Å²) in [6.45, 7) is 0. The van der Waals surface area contributed by atoms with Crippen molar-refractivity contribution in [3.8, 4) is 0 Å². The molecule has 0 nitrogen and oxygen atoms in total. The third-order valence-corrected chi connectivity index (χ3v) is 4.00. The maximum absolute atomic E-state index is 2.49. The Morgan fingerprint density at radius 1 is 0.833 bits per heavy atom. The molecule has 0 aromatic carbocycles. The van der Waals surface area contributed by atoms with E-state index in [1.807, 2.05) is 0 Å². The number of fused-ring (bicyclic) bond motifs is 1. The smallest absolute Gasteiger partial charge is 0.0136 e. The first-order valence-corrected chi connectivity index (χ1v) is 5.30. The van der Waals surface area contributed by atoms with Crippen LogP contribution in [0.4, 0.5) is 0 Å². The minimum atomic E-state index is 0.900. The molecule has 1 fully saturated rings. The van der Waals surface area contributed by atoms with E-state index in [0.717, 1.165) is 23.7 Å². The number of allylic oxidation sites excluding steroid dienone is 4. The van der Waals surface area contributed by atoms with Crippen LogP contribution in [0, 0.1) is 23.7 Å². The van der Waals surface area contributed by atoms with Gasteiger partial charge in [-0.15, -0.1) is 0 Å².